The Bertz CT molecular complexity index is 631. The molecule has 21 heavy (non-hydrogen) atoms. The lowest BCUT2D eigenvalue weighted by Gasteiger charge is -2.04. The second kappa shape index (κ2) is 7.95. The van der Waals surface area contributed by atoms with Crippen molar-refractivity contribution in [3.63, 3.8) is 0 Å². The van der Waals surface area contributed by atoms with Crippen LogP contribution in [0, 0.1) is 0 Å². The number of amides is 1. The largest absolute Gasteiger partial charge is 0.352 e. The average Bonchev–Trinajstić information content (AvgIpc) is 2.52. The van der Waals surface area contributed by atoms with E-state index in [2.05, 4.69) is 37.8 Å². The van der Waals surface area contributed by atoms with Crippen molar-refractivity contribution in [2.24, 2.45) is 0 Å². The number of nitrogens with zero attached hydrogens (tertiary/aromatic N) is 2. The van der Waals surface area contributed by atoms with Gasteiger partial charge in [0, 0.05) is 22.8 Å². The van der Waals surface area contributed by atoms with Crippen molar-refractivity contribution in [1.29, 1.82) is 0 Å². The lowest BCUT2D eigenvalue weighted by Crippen LogP contribution is -2.25. The van der Waals surface area contributed by atoms with E-state index < -0.39 is 0 Å². The minimum atomic E-state index is -0.0578. The topological polar surface area (TPSA) is 54.9 Å². The van der Waals surface area contributed by atoms with Crippen molar-refractivity contribution in [3.8, 4) is 11.3 Å². The van der Waals surface area contributed by atoms with Gasteiger partial charge in [-0.2, -0.15) is 0 Å². The molecule has 0 aliphatic rings. The number of hydrogen-bond donors (Lipinski definition) is 1. The molecule has 1 N–H and O–H groups in total. The van der Waals surface area contributed by atoms with Crippen LogP contribution in [0.3, 0.4) is 0 Å². The molecule has 0 fully saturated rings. The molecule has 6 heteroatoms. The summed E-state index contributed by atoms with van der Waals surface area (Å²) < 4.78 is 1.02. The van der Waals surface area contributed by atoms with Gasteiger partial charge in [0.25, 0.3) is 0 Å². The highest BCUT2D eigenvalue weighted by atomic mass is 79.9. The number of rotatable bonds is 6. The SMILES string of the molecule is C=CCNC(=O)CSc1nccc(-c2ccc(Br)cc2)n1. The second-order valence-electron chi connectivity index (χ2n) is 4.11. The van der Waals surface area contributed by atoms with Crippen molar-refractivity contribution in [1.82, 2.24) is 15.3 Å². The van der Waals surface area contributed by atoms with Crippen LogP contribution in [0.2, 0.25) is 0 Å². The molecule has 1 heterocycles. The van der Waals surface area contributed by atoms with Crippen molar-refractivity contribution >= 4 is 33.6 Å². The minimum absolute atomic E-state index is 0.0578. The number of aromatic nitrogens is 2. The van der Waals surface area contributed by atoms with E-state index in [0.717, 1.165) is 15.7 Å². The van der Waals surface area contributed by atoms with Gasteiger partial charge in [0.05, 0.1) is 11.4 Å². The Morgan fingerprint density at radius 2 is 2.10 bits per heavy atom. The second-order valence-corrected chi connectivity index (χ2v) is 5.97. The van der Waals surface area contributed by atoms with Gasteiger partial charge in [-0.3, -0.25) is 4.79 Å². The maximum atomic E-state index is 11.5. The summed E-state index contributed by atoms with van der Waals surface area (Å²) in [4.78, 5) is 20.2. The Balaban J connectivity index is 2.02. The molecule has 0 aliphatic carbocycles. The fourth-order valence-electron chi connectivity index (χ4n) is 1.56. The van der Waals surface area contributed by atoms with E-state index in [9.17, 15) is 4.79 Å². The third kappa shape index (κ3) is 4.99. The summed E-state index contributed by atoms with van der Waals surface area (Å²) in [5.74, 6) is 0.231. The molecule has 2 aromatic rings. The van der Waals surface area contributed by atoms with Gasteiger partial charge in [-0.15, -0.1) is 6.58 Å². The molecule has 0 bridgehead atoms. The van der Waals surface area contributed by atoms with Crippen molar-refractivity contribution < 1.29 is 4.79 Å². The fraction of sp³-hybridized carbons (Fsp3) is 0.133. The molecule has 1 aromatic heterocycles. The molecule has 1 amide bonds. The van der Waals surface area contributed by atoms with Gasteiger partial charge in [-0.05, 0) is 18.2 Å². The lowest BCUT2D eigenvalue weighted by atomic mass is 10.1. The Kier molecular flexibility index (Phi) is 5.95. The van der Waals surface area contributed by atoms with Gasteiger partial charge in [0.1, 0.15) is 0 Å². The standard InChI is InChI=1S/C15H14BrN3OS/c1-2-8-17-14(20)10-21-15-18-9-7-13(19-15)11-3-5-12(16)6-4-11/h2-7,9H,1,8,10H2,(H,17,20). The Hall–Kier alpha value is -1.66. The first-order valence-corrected chi connectivity index (χ1v) is 8.06. The summed E-state index contributed by atoms with van der Waals surface area (Å²) in [5, 5.41) is 3.30. The predicted octanol–water partition coefficient (Wildman–Crippen LogP) is 3.30. The van der Waals surface area contributed by atoms with Crippen molar-refractivity contribution in [2.75, 3.05) is 12.3 Å². The van der Waals surface area contributed by atoms with Crippen LogP contribution in [-0.2, 0) is 4.79 Å². The summed E-state index contributed by atoms with van der Waals surface area (Å²) >= 11 is 4.72. The smallest absolute Gasteiger partial charge is 0.230 e. The number of halogens is 1. The van der Waals surface area contributed by atoms with Crippen LogP contribution in [-0.4, -0.2) is 28.2 Å². The Morgan fingerprint density at radius 3 is 2.81 bits per heavy atom. The molecular formula is C15H14BrN3OS. The average molecular weight is 364 g/mol. The van der Waals surface area contributed by atoms with Crippen LogP contribution in [0.25, 0.3) is 11.3 Å². The number of nitrogens with one attached hydrogen (secondary N) is 1. The molecule has 0 unspecified atom stereocenters. The third-order valence-electron chi connectivity index (χ3n) is 2.55. The van der Waals surface area contributed by atoms with Gasteiger partial charge >= 0.3 is 0 Å². The molecule has 108 valence electrons. The highest BCUT2D eigenvalue weighted by Crippen LogP contribution is 2.21. The van der Waals surface area contributed by atoms with E-state index in [4.69, 9.17) is 0 Å². The maximum Gasteiger partial charge on any atom is 0.230 e. The van der Waals surface area contributed by atoms with E-state index in [1.807, 2.05) is 30.3 Å². The van der Waals surface area contributed by atoms with Crippen LogP contribution in [0.1, 0.15) is 0 Å². The zero-order valence-electron chi connectivity index (χ0n) is 11.3. The van der Waals surface area contributed by atoms with E-state index >= 15 is 0 Å². The summed E-state index contributed by atoms with van der Waals surface area (Å²) in [6.45, 7) is 4.02. The van der Waals surface area contributed by atoms with Gasteiger partial charge in [0.15, 0.2) is 5.16 Å². The van der Waals surface area contributed by atoms with Crippen LogP contribution in [0.15, 0.2) is 58.8 Å². The predicted molar refractivity (Wildman–Crippen MR) is 89.1 cm³/mol. The maximum absolute atomic E-state index is 11.5. The zero-order valence-corrected chi connectivity index (χ0v) is 13.7. The molecule has 0 spiro atoms. The molecule has 0 aliphatic heterocycles. The molecule has 2 rings (SSSR count). The highest BCUT2D eigenvalue weighted by molar-refractivity contribution is 9.10. The number of benzene rings is 1. The zero-order chi connectivity index (χ0) is 15.1. The highest BCUT2D eigenvalue weighted by Gasteiger charge is 2.06. The Morgan fingerprint density at radius 1 is 1.33 bits per heavy atom. The van der Waals surface area contributed by atoms with Crippen LogP contribution in [0.4, 0.5) is 0 Å². The molecule has 4 nitrogen and oxygen atoms in total. The Labute approximate surface area is 136 Å². The minimum Gasteiger partial charge on any atom is -0.352 e. The van der Waals surface area contributed by atoms with Crippen LogP contribution < -0.4 is 5.32 Å². The number of hydrogen-bond acceptors (Lipinski definition) is 4. The quantitative estimate of drug-likeness (QED) is 0.486. The summed E-state index contributed by atoms with van der Waals surface area (Å²) in [6, 6.07) is 9.75. The lowest BCUT2D eigenvalue weighted by molar-refractivity contribution is -0.118. The van der Waals surface area contributed by atoms with Gasteiger partial charge < -0.3 is 5.32 Å². The number of carbonyl (C=O) groups excluding carboxylic acids is 1. The monoisotopic (exact) mass is 363 g/mol. The molecule has 0 saturated carbocycles. The first-order valence-electron chi connectivity index (χ1n) is 6.28. The van der Waals surface area contributed by atoms with E-state index in [-0.39, 0.29) is 11.7 Å². The third-order valence-corrected chi connectivity index (χ3v) is 3.94. The first kappa shape index (κ1) is 15.7. The van der Waals surface area contributed by atoms with E-state index in [1.54, 1.807) is 12.3 Å². The van der Waals surface area contributed by atoms with Gasteiger partial charge in [0.2, 0.25) is 5.91 Å². The molecular weight excluding hydrogens is 350 g/mol. The van der Waals surface area contributed by atoms with Crippen LogP contribution >= 0.6 is 27.7 Å². The summed E-state index contributed by atoms with van der Waals surface area (Å²) in [7, 11) is 0. The molecule has 0 saturated heterocycles. The number of carbonyl (C=O) groups is 1. The fourth-order valence-corrected chi connectivity index (χ4v) is 2.48. The molecule has 0 radical (unpaired) electrons. The molecule has 0 atom stereocenters. The summed E-state index contributed by atoms with van der Waals surface area (Å²) in [6.07, 6.45) is 3.35. The number of thioether (sulfide) groups is 1. The normalized spacial score (nSPS) is 10.1. The summed E-state index contributed by atoms with van der Waals surface area (Å²) in [5.41, 5.74) is 1.85. The van der Waals surface area contributed by atoms with E-state index in [0.29, 0.717) is 11.7 Å². The van der Waals surface area contributed by atoms with E-state index in [1.165, 1.54) is 11.8 Å². The first-order chi connectivity index (χ1) is 10.2. The van der Waals surface area contributed by atoms with Crippen molar-refractivity contribution in [2.45, 2.75) is 5.16 Å². The molecule has 1 aromatic carbocycles. The van der Waals surface area contributed by atoms with Gasteiger partial charge in [-0.1, -0.05) is 45.9 Å². The van der Waals surface area contributed by atoms with Gasteiger partial charge in [-0.25, -0.2) is 9.97 Å². The van der Waals surface area contributed by atoms with Crippen molar-refractivity contribution in [3.05, 3.63) is 53.7 Å². The van der Waals surface area contributed by atoms with Crippen LogP contribution in [0.5, 0.6) is 0 Å².